The molecular formula is C14H16N2O. The molecule has 0 radical (unpaired) electrons. The zero-order valence-electron chi connectivity index (χ0n) is 10.3. The van der Waals surface area contributed by atoms with Crippen LogP contribution in [0, 0.1) is 6.92 Å². The molecule has 0 N–H and O–H groups in total. The first-order valence-corrected chi connectivity index (χ1v) is 5.74. The van der Waals surface area contributed by atoms with Crippen molar-refractivity contribution in [2.45, 2.75) is 26.7 Å². The number of aryl methyl sites for hydroxylation is 1. The molecule has 0 unspecified atom stereocenters. The van der Waals surface area contributed by atoms with Gasteiger partial charge in [-0.3, -0.25) is 14.3 Å². The Balaban J connectivity index is 2.57. The molecule has 0 aliphatic carbocycles. The van der Waals surface area contributed by atoms with E-state index < -0.39 is 0 Å². The molecule has 17 heavy (non-hydrogen) atoms. The Bertz CT molecular complexity index is 568. The highest BCUT2D eigenvalue weighted by molar-refractivity contribution is 5.34. The molecule has 0 saturated heterocycles. The van der Waals surface area contributed by atoms with Crippen LogP contribution in [0.15, 0.2) is 41.5 Å². The second-order valence-electron chi connectivity index (χ2n) is 4.48. The summed E-state index contributed by atoms with van der Waals surface area (Å²) in [4.78, 5) is 16.3. The van der Waals surface area contributed by atoms with Crippen molar-refractivity contribution in [3.05, 3.63) is 58.3 Å². The van der Waals surface area contributed by atoms with Gasteiger partial charge < -0.3 is 0 Å². The molecule has 3 nitrogen and oxygen atoms in total. The largest absolute Gasteiger partial charge is 0.281 e. The number of aromatic nitrogens is 2. The first-order chi connectivity index (χ1) is 8.09. The Morgan fingerprint density at radius 2 is 1.82 bits per heavy atom. The molecule has 0 amide bonds. The van der Waals surface area contributed by atoms with E-state index in [4.69, 9.17) is 0 Å². The van der Waals surface area contributed by atoms with Crippen LogP contribution in [0.25, 0.3) is 5.69 Å². The number of hydrogen-bond acceptors (Lipinski definition) is 2. The van der Waals surface area contributed by atoms with Crippen LogP contribution in [-0.2, 0) is 0 Å². The molecule has 2 aromatic rings. The maximum absolute atomic E-state index is 12.2. The highest BCUT2D eigenvalue weighted by Gasteiger charge is 2.09. The fourth-order valence-electron chi connectivity index (χ4n) is 1.73. The van der Waals surface area contributed by atoms with Crippen LogP contribution in [0.3, 0.4) is 0 Å². The Kier molecular flexibility index (Phi) is 3.09. The molecule has 0 aliphatic heterocycles. The maximum Gasteiger partial charge on any atom is 0.277 e. The highest BCUT2D eigenvalue weighted by Crippen LogP contribution is 2.09. The Labute approximate surface area is 101 Å². The van der Waals surface area contributed by atoms with Gasteiger partial charge in [-0.15, -0.1) is 0 Å². The van der Waals surface area contributed by atoms with E-state index in [9.17, 15) is 4.79 Å². The molecule has 0 fully saturated rings. The molecule has 3 heteroatoms. The highest BCUT2D eigenvalue weighted by atomic mass is 16.1. The van der Waals surface area contributed by atoms with Gasteiger partial charge in [0.15, 0.2) is 0 Å². The minimum atomic E-state index is -0.0358. The van der Waals surface area contributed by atoms with Crippen molar-refractivity contribution < 1.29 is 0 Å². The van der Waals surface area contributed by atoms with E-state index in [-0.39, 0.29) is 11.5 Å². The zero-order chi connectivity index (χ0) is 12.4. The fourth-order valence-corrected chi connectivity index (χ4v) is 1.73. The molecule has 1 aromatic heterocycles. The average Bonchev–Trinajstić information content (AvgIpc) is 2.30. The van der Waals surface area contributed by atoms with E-state index in [1.165, 1.54) is 5.56 Å². The summed E-state index contributed by atoms with van der Waals surface area (Å²) in [6, 6.07) is 7.89. The lowest BCUT2D eigenvalue weighted by Crippen LogP contribution is -2.23. The zero-order valence-corrected chi connectivity index (χ0v) is 10.3. The van der Waals surface area contributed by atoms with Gasteiger partial charge >= 0.3 is 0 Å². The van der Waals surface area contributed by atoms with Crippen molar-refractivity contribution in [3.8, 4) is 5.69 Å². The quantitative estimate of drug-likeness (QED) is 0.792. The van der Waals surface area contributed by atoms with Crippen LogP contribution in [0.2, 0.25) is 0 Å². The van der Waals surface area contributed by atoms with Gasteiger partial charge in [-0.2, -0.15) is 0 Å². The third kappa shape index (κ3) is 2.28. The molecule has 2 rings (SSSR count). The summed E-state index contributed by atoms with van der Waals surface area (Å²) < 4.78 is 1.64. The van der Waals surface area contributed by atoms with Gasteiger partial charge in [0.25, 0.3) is 5.56 Å². The van der Waals surface area contributed by atoms with Gasteiger partial charge in [0, 0.05) is 24.0 Å². The van der Waals surface area contributed by atoms with Crippen LogP contribution in [0.1, 0.15) is 31.0 Å². The van der Waals surface area contributed by atoms with Crippen LogP contribution in [0.4, 0.5) is 0 Å². The van der Waals surface area contributed by atoms with Crippen molar-refractivity contribution in [2.75, 3.05) is 0 Å². The van der Waals surface area contributed by atoms with Crippen molar-refractivity contribution in [2.24, 2.45) is 0 Å². The van der Waals surface area contributed by atoms with Crippen LogP contribution < -0.4 is 5.56 Å². The standard InChI is InChI=1S/C14H16N2O/c1-10(2)13-14(17)16(9-8-15-13)12-6-4-11(3)5-7-12/h4-10H,1-3H3. The number of benzene rings is 1. The van der Waals surface area contributed by atoms with E-state index in [0.29, 0.717) is 5.69 Å². The average molecular weight is 228 g/mol. The third-order valence-corrected chi connectivity index (χ3v) is 2.73. The summed E-state index contributed by atoms with van der Waals surface area (Å²) in [7, 11) is 0. The summed E-state index contributed by atoms with van der Waals surface area (Å²) in [5, 5.41) is 0. The maximum atomic E-state index is 12.2. The first kappa shape index (κ1) is 11.6. The van der Waals surface area contributed by atoms with Gasteiger partial charge in [-0.1, -0.05) is 31.5 Å². The number of rotatable bonds is 2. The van der Waals surface area contributed by atoms with Gasteiger partial charge in [0.2, 0.25) is 0 Å². The topological polar surface area (TPSA) is 34.9 Å². The smallest absolute Gasteiger partial charge is 0.277 e. The van der Waals surface area contributed by atoms with Crippen molar-refractivity contribution in [1.29, 1.82) is 0 Å². The first-order valence-electron chi connectivity index (χ1n) is 5.74. The van der Waals surface area contributed by atoms with Gasteiger partial charge in [0.1, 0.15) is 5.69 Å². The third-order valence-electron chi connectivity index (χ3n) is 2.73. The Morgan fingerprint density at radius 3 is 2.41 bits per heavy atom. The molecule has 1 aromatic carbocycles. The predicted molar refractivity (Wildman–Crippen MR) is 68.7 cm³/mol. The monoisotopic (exact) mass is 228 g/mol. The molecule has 0 bridgehead atoms. The van der Waals surface area contributed by atoms with Crippen LogP contribution in [-0.4, -0.2) is 9.55 Å². The van der Waals surface area contributed by atoms with E-state index >= 15 is 0 Å². The molecule has 0 saturated carbocycles. The summed E-state index contributed by atoms with van der Waals surface area (Å²) in [5.74, 6) is 0.139. The SMILES string of the molecule is Cc1ccc(-n2ccnc(C(C)C)c2=O)cc1. The Morgan fingerprint density at radius 1 is 1.18 bits per heavy atom. The lowest BCUT2D eigenvalue weighted by molar-refractivity contribution is 0.772. The summed E-state index contributed by atoms with van der Waals surface area (Å²) in [6.45, 7) is 5.98. The van der Waals surface area contributed by atoms with E-state index in [2.05, 4.69) is 4.98 Å². The molecule has 88 valence electrons. The molecule has 0 atom stereocenters. The number of nitrogens with zero attached hydrogens (tertiary/aromatic N) is 2. The summed E-state index contributed by atoms with van der Waals surface area (Å²) in [6.07, 6.45) is 3.38. The summed E-state index contributed by atoms with van der Waals surface area (Å²) in [5.41, 5.74) is 2.63. The molecule has 1 heterocycles. The van der Waals surface area contributed by atoms with E-state index in [1.54, 1.807) is 17.0 Å². The minimum absolute atomic E-state index is 0.0358. The normalized spacial score (nSPS) is 10.8. The molecule has 0 aliphatic rings. The van der Waals surface area contributed by atoms with Crippen molar-refractivity contribution >= 4 is 0 Å². The van der Waals surface area contributed by atoms with E-state index in [1.807, 2.05) is 45.0 Å². The van der Waals surface area contributed by atoms with Gasteiger partial charge in [-0.25, -0.2) is 0 Å². The second-order valence-corrected chi connectivity index (χ2v) is 4.48. The van der Waals surface area contributed by atoms with Gasteiger partial charge in [-0.05, 0) is 19.1 Å². The predicted octanol–water partition coefficient (Wildman–Crippen LogP) is 2.66. The number of hydrogen-bond donors (Lipinski definition) is 0. The second kappa shape index (κ2) is 4.53. The summed E-state index contributed by atoms with van der Waals surface area (Å²) >= 11 is 0. The van der Waals surface area contributed by atoms with Crippen molar-refractivity contribution in [3.63, 3.8) is 0 Å². The molecular weight excluding hydrogens is 212 g/mol. The van der Waals surface area contributed by atoms with E-state index in [0.717, 1.165) is 5.69 Å². The minimum Gasteiger partial charge on any atom is -0.281 e. The van der Waals surface area contributed by atoms with Gasteiger partial charge in [0.05, 0.1) is 0 Å². The van der Waals surface area contributed by atoms with Crippen LogP contribution >= 0.6 is 0 Å². The Hall–Kier alpha value is -1.90. The van der Waals surface area contributed by atoms with Crippen molar-refractivity contribution in [1.82, 2.24) is 9.55 Å². The molecule has 0 spiro atoms. The fraction of sp³-hybridized carbons (Fsp3) is 0.286. The lowest BCUT2D eigenvalue weighted by atomic mass is 10.1. The van der Waals surface area contributed by atoms with Crippen LogP contribution in [0.5, 0.6) is 0 Å². The lowest BCUT2D eigenvalue weighted by Gasteiger charge is -2.09.